The van der Waals surface area contributed by atoms with Crippen LogP contribution in [0.1, 0.15) is 44.9 Å². The molecule has 0 heterocycles. The van der Waals surface area contributed by atoms with E-state index < -0.39 is 0 Å². The molecule has 0 aromatic heterocycles. The van der Waals surface area contributed by atoms with Crippen molar-refractivity contribution < 1.29 is 0 Å². The van der Waals surface area contributed by atoms with Crippen LogP contribution in [0.15, 0.2) is 0 Å². The number of hydrogen-bond donors (Lipinski definition) is 0. The molecule has 3 fully saturated rings. The van der Waals surface area contributed by atoms with Crippen LogP contribution in [-0.4, -0.2) is 0 Å². The van der Waals surface area contributed by atoms with Gasteiger partial charge in [0.05, 0.1) is 0 Å². The van der Waals surface area contributed by atoms with Crippen molar-refractivity contribution >= 4 is 0 Å². The summed E-state index contributed by atoms with van der Waals surface area (Å²) in [5.74, 6) is 4.79. The number of hydrogen-bond acceptors (Lipinski definition) is 0. The molecule has 0 N–H and O–H groups in total. The maximum absolute atomic E-state index is 1.61. The smallest absolute Gasteiger partial charge is 0.0352 e. The van der Waals surface area contributed by atoms with Crippen LogP contribution in [0, 0.1) is 23.7 Å². The van der Waals surface area contributed by atoms with Crippen molar-refractivity contribution in [3.05, 3.63) is 0 Å². The highest BCUT2D eigenvalue weighted by molar-refractivity contribution is 4.99. The topological polar surface area (TPSA) is 0 Å². The molecule has 0 aromatic rings. The fourth-order valence-electron chi connectivity index (χ4n) is 3.71. The van der Waals surface area contributed by atoms with Crippen molar-refractivity contribution in [2.24, 2.45) is 23.7 Å². The molecular weight excluding hydrogens is 132 g/mol. The second kappa shape index (κ2) is 2.24. The first-order valence-electron chi connectivity index (χ1n) is 5.45. The highest BCUT2D eigenvalue weighted by atomic mass is 14.5. The molecule has 0 heteroatoms. The predicted molar refractivity (Wildman–Crippen MR) is 46.3 cm³/mol. The minimum atomic E-state index is 1.17. The van der Waals surface area contributed by atoms with Crippen LogP contribution in [0.5, 0.6) is 0 Å². The zero-order chi connectivity index (χ0) is 7.26. The summed E-state index contributed by atoms with van der Waals surface area (Å²) in [6.45, 7) is 0. The molecule has 62 valence electrons. The van der Waals surface area contributed by atoms with Crippen molar-refractivity contribution in [2.45, 2.75) is 44.9 Å². The van der Waals surface area contributed by atoms with Crippen molar-refractivity contribution in [3.8, 4) is 0 Å². The summed E-state index contributed by atoms with van der Waals surface area (Å²) in [7, 11) is 0. The van der Waals surface area contributed by atoms with Crippen molar-refractivity contribution in [1.29, 1.82) is 0 Å². The van der Waals surface area contributed by atoms with Crippen LogP contribution in [0.2, 0.25) is 0 Å². The quantitative estimate of drug-likeness (QED) is 0.497. The molecule has 3 aliphatic rings. The van der Waals surface area contributed by atoms with E-state index in [1.807, 2.05) is 0 Å². The average molecular weight is 150 g/mol. The maximum atomic E-state index is 1.61. The van der Waals surface area contributed by atoms with Gasteiger partial charge in [-0.05, 0) is 49.4 Å². The molecule has 11 heavy (non-hydrogen) atoms. The van der Waals surface area contributed by atoms with E-state index in [0.717, 1.165) is 0 Å². The molecule has 3 saturated carbocycles. The van der Waals surface area contributed by atoms with E-state index in [2.05, 4.69) is 0 Å². The lowest BCUT2D eigenvalue weighted by Gasteiger charge is -2.35. The van der Waals surface area contributed by atoms with Gasteiger partial charge in [0.15, 0.2) is 0 Å². The van der Waals surface area contributed by atoms with E-state index in [4.69, 9.17) is 0 Å². The van der Waals surface area contributed by atoms with Gasteiger partial charge in [-0.15, -0.1) is 0 Å². The van der Waals surface area contributed by atoms with Gasteiger partial charge in [0, 0.05) is 0 Å². The van der Waals surface area contributed by atoms with Gasteiger partial charge in [-0.3, -0.25) is 0 Å². The molecule has 3 rings (SSSR count). The summed E-state index contributed by atoms with van der Waals surface area (Å²) in [5.41, 5.74) is 0. The molecule has 0 spiro atoms. The first-order valence-corrected chi connectivity index (χ1v) is 5.45. The van der Waals surface area contributed by atoms with Crippen LogP contribution >= 0.6 is 0 Å². The Morgan fingerprint density at radius 1 is 0.636 bits per heavy atom. The van der Waals surface area contributed by atoms with E-state index in [9.17, 15) is 0 Å². The van der Waals surface area contributed by atoms with E-state index in [1.165, 1.54) is 23.7 Å². The van der Waals surface area contributed by atoms with Crippen LogP contribution in [0.4, 0.5) is 0 Å². The van der Waals surface area contributed by atoms with Crippen LogP contribution in [0.25, 0.3) is 0 Å². The van der Waals surface area contributed by atoms with Crippen LogP contribution < -0.4 is 0 Å². The van der Waals surface area contributed by atoms with Gasteiger partial charge >= 0.3 is 0 Å². The van der Waals surface area contributed by atoms with Gasteiger partial charge in [-0.2, -0.15) is 0 Å². The molecule has 4 atom stereocenters. The SMILES string of the molecule is C1CCC2C(C1)CCC1CC12. The Bertz CT molecular complexity index is 161. The number of fused-ring (bicyclic) bond motifs is 3. The summed E-state index contributed by atoms with van der Waals surface area (Å²) in [6, 6.07) is 0. The van der Waals surface area contributed by atoms with E-state index in [1.54, 1.807) is 44.9 Å². The van der Waals surface area contributed by atoms with Gasteiger partial charge in [-0.1, -0.05) is 19.3 Å². The molecular formula is C11H18. The fourth-order valence-corrected chi connectivity index (χ4v) is 3.71. The molecule has 0 saturated heterocycles. The molecule has 0 amide bonds. The molecule has 0 bridgehead atoms. The van der Waals surface area contributed by atoms with E-state index in [0.29, 0.717) is 0 Å². The lowest BCUT2D eigenvalue weighted by molar-refractivity contribution is 0.157. The first-order chi connectivity index (χ1) is 5.45. The van der Waals surface area contributed by atoms with Crippen molar-refractivity contribution in [1.82, 2.24) is 0 Å². The van der Waals surface area contributed by atoms with Gasteiger partial charge in [0.1, 0.15) is 0 Å². The van der Waals surface area contributed by atoms with Gasteiger partial charge < -0.3 is 0 Å². The first kappa shape index (κ1) is 6.51. The molecule has 4 unspecified atom stereocenters. The normalized spacial score (nSPS) is 54.5. The molecule has 0 aromatic carbocycles. The standard InChI is InChI=1S/C11H18/c1-2-4-10-8(3-1)5-6-9-7-11(9)10/h8-11H,1-7H2. The highest BCUT2D eigenvalue weighted by Crippen LogP contribution is 2.58. The van der Waals surface area contributed by atoms with Gasteiger partial charge in [0.25, 0.3) is 0 Å². The number of rotatable bonds is 0. The van der Waals surface area contributed by atoms with Crippen LogP contribution in [-0.2, 0) is 0 Å². The predicted octanol–water partition coefficient (Wildman–Crippen LogP) is 3.22. The van der Waals surface area contributed by atoms with Crippen molar-refractivity contribution in [3.63, 3.8) is 0 Å². The van der Waals surface area contributed by atoms with Crippen LogP contribution in [0.3, 0.4) is 0 Å². The monoisotopic (exact) mass is 150 g/mol. The maximum Gasteiger partial charge on any atom is -0.0352 e. The fraction of sp³-hybridized carbons (Fsp3) is 1.00. The summed E-state index contributed by atoms with van der Waals surface area (Å²) < 4.78 is 0. The highest BCUT2D eigenvalue weighted by Gasteiger charge is 2.49. The van der Waals surface area contributed by atoms with Gasteiger partial charge in [0.2, 0.25) is 0 Å². The Morgan fingerprint density at radius 3 is 2.45 bits per heavy atom. The third-order valence-electron chi connectivity index (χ3n) is 4.40. The lowest BCUT2D eigenvalue weighted by Crippen LogP contribution is -2.25. The second-order valence-electron chi connectivity index (χ2n) is 4.95. The molecule has 0 nitrogen and oxygen atoms in total. The minimum absolute atomic E-state index is 1.17. The largest absolute Gasteiger partial charge is 0.0530 e. The van der Waals surface area contributed by atoms with Gasteiger partial charge in [-0.25, -0.2) is 0 Å². The molecule has 3 aliphatic carbocycles. The summed E-state index contributed by atoms with van der Waals surface area (Å²) in [5, 5.41) is 0. The molecule has 0 radical (unpaired) electrons. The third-order valence-corrected chi connectivity index (χ3v) is 4.40. The Morgan fingerprint density at radius 2 is 1.45 bits per heavy atom. The van der Waals surface area contributed by atoms with E-state index in [-0.39, 0.29) is 0 Å². The Balaban J connectivity index is 1.76. The zero-order valence-electron chi connectivity index (χ0n) is 7.26. The zero-order valence-corrected chi connectivity index (χ0v) is 7.26. The summed E-state index contributed by atoms with van der Waals surface area (Å²) in [4.78, 5) is 0. The lowest BCUT2D eigenvalue weighted by atomic mass is 9.71. The summed E-state index contributed by atoms with van der Waals surface area (Å²) >= 11 is 0. The Labute approximate surface area is 69.4 Å². The van der Waals surface area contributed by atoms with E-state index >= 15 is 0 Å². The summed E-state index contributed by atoms with van der Waals surface area (Å²) in [6.07, 6.45) is 11.0. The molecule has 0 aliphatic heterocycles. The average Bonchev–Trinajstić information content (AvgIpc) is 2.83. The second-order valence-corrected chi connectivity index (χ2v) is 4.95. The Kier molecular flexibility index (Phi) is 1.33. The Hall–Kier alpha value is 0. The van der Waals surface area contributed by atoms with Crippen molar-refractivity contribution in [2.75, 3.05) is 0 Å². The minimum Gasteiger partial charge on any atom is -0.0530 e. The third kappa shape index (κ3) is 0.947.